The van der Waals surface area contributed by atoms with Gasteiger partial charge in [-0.25, -0.2) is 24.0 Å². The number of benzene rings is 3. The summed E-state index contributed by atoms with van der Waals surface area (Å²) in [5.41, 5.74) is 13.3. The van der Waals surface area contributed by atoms with Crippen molar-refractivity contribution in [1.29, 1.82) is 0 Å². The molecule has 332 valence electrons. The quantitative estimate of drug-likeness (QED) is 0.158. The minimum Gasteiger partial charge on any atom is -0.496 e. The third-order valence-corrected chi connectivity index (χ3v) is 12.9. The molecule has 0 radical (unpaired) electrons. The minimum atomic E-state index is -0.625. The zero-order chi connectivity index (χ0) is 44.8. The number of piperazine rings is 1. The number of hydrogen-bond acceptors (Lipinski definition) is 13. The lowest BCUT2D eigenvalue weighted by atomic mass is 10.0. The van der Waals surface area contributed by atoms with E-state index in [2.05, 4.69) is 53.5 Å². The fourth-order valence-corrected chi connectivity index (χ4v) is 9.39. The van der Waals surface area contributed by atoms with E-state index in [-0.39, 0.29) is 36.4 Å². The molecule has 2 atom stereocenters. The highest BCUT2D eigenvalue weighted by Crippen LogP contribution is 2.36. The van der Waals surface area contributed by atoms with Crippen LogP contribution in [0.1, 0.15) is 62.7 Å². The van der Waals surface area contributed by atoms with E-state index in [1.54, 1.807) is 4.90 Å². The van der Waals surface area contributed by atoms with Crippen LogP contribution in [0, 0.1) is 5.82 Å². The molecule has 65 heavy (non-hydrogen) atoms. The number of halogens is 1. The molecule has 17 nitrogen and oxygen atoms in total. The van der Waals surface area contributed by atoms with Crippen LogP contribution in [-0.2, 0) is 29.2 Å². The summed E-state index contributed by atoms with van der Waals surface area (Å²) in [5, 5.41) is 11.0. The van der Waals surface area contributed by atoms with Gasteiger partial charge in [0.2, 0.25) is 11.8 Å². The van der Waals surface area contributed by atoms with Gasteiger partial charge in [0.1, 0.15) is 41.3 Å². The lowest BCUT2D eigenvalue weighted by Crippen LogP contribution is -2.52. The van der Waals surface area contributed by atoms with E-state index >= 15 is 0 Å². The zero-order valence-electron chi connectivity index (χ0n) is 35.7. The Morgan fingerprint density at radius 1 is 0.908 bits per heavy atom. The lowest BCUT2D eigenvalue weighted by molar-refractivity contribution is -0.136. The minimum absolute atomic E-state index is 0.0167. The first kappa shape index (κ1) is 41.5. The fraction of sp³-hybridized carbons (Fsp3) is 0.319. The topological polar surface area (TPSA) is 197 Å². The van der Waals surface area contributed by atoms with Crippen molar-refractivity contribution in [3.63, 3.8) is 0 Å². The molecule has 4 aliphatic heterocycles. The van der Waals surface area contributed by atoms with Crippen LogP contribution in [0.5, 0.6) is 5.75 Å². The molecule has 0 aliphatic carbocycles. The number of piperidine rings is 1. The molecule has 4 N–H and O–H groups in total. The largest absolute Gasteiger partial charge is 0.496 e. The first-order valence-electron chi connectivity index (χ1n) is 21.7. The van der Waals surface area contributed by atoms with Crippen LogP contribution in [0.25, 0.3) is 22.3 Å². The standard InChI is InChI=1S/C47H47FN12O5/c1-65-38-11-7-32(48)21-36(38)45(62)51-22-28-2-5-30(6-3-28)42-41-43(49)52-27-53-44(41)60(55-42)34-14-15-58(26-34)39-12-4-29(23-50-39)24-56-16-18-57(19-17-56)33-8-9-35-31(20-33)25-59(47(35)64)37-10-13-40(61)54-46(37)63/h2-9,11-12,20-21,23,27,34,37H,10,13-19,22,24-26H2,1H3,(H,51,62)(H2,49,52,53)(H,54,61,63)/t34?,37-/m0/s1. The highest BCUT2D eigenvalue weighted by Gasteiger charge is 2.39. The van der Waals surface area contributed by atoms with Gasteiger partial charge in [-0.15, -0.1) is 0 Å². The number of anilines is 3. The number of methoxy groups -OCH3 is 1. The van der Waals surface area contributed by atoms with Gasteiger partial charge in [0.15, 0.2) is 5.65 Å². The number of pyridine rings is 1. The predicted octanol–water partition coefficient (Wildman–Crippen LogP) is 4.08. The summed E-state index contributed by atoms with van der Waals surface area (Å²) < 4.78 is 21.1. The van der Waals surface area contributed by atoms with Gasteiger partial charge in [-0.1, -0.05) is 30.3 Å². The number of ether oxygens (including phenoxy) is 1. The van der Waals surface area contributed by atoms with Gasteiger partial charge in [-0.05, 0) is 72.0 Å². The number of carbonyl (C=O) groups is 4. The van der Waals surface area contributed by atoms with Crippen LogP contribution in [0.15, 0.2) is 85.3 Å². The molecular formula is C47H47FN12O5. The molecule has 0 spiro atoms. The number of nitrogens with zero attached hydrogens (tertiary/aromatic N) is 9. The molecule has 4 aliphatic rings. The average molecular weight is 879 g/mol. The second kappa shape index (κ2) is 17.2. The number of amides is 4. The molecule has 6 aromatic rings. The SMILES string of the molecule is COc1ccc(F)cc1C(=O)NCc1ccc(-c2nn(C3CCN(c4ccc(CN5CCN(c6ccc7c(c6)CN([C@H]6CCC(=O)NC6=O)C7=O)CC5)cn4)C3)c3ncnc(N)c23)cc1. The molecule has 3 fully saturated rings. The Bertz CT molecular complexity index is 2830. The van der Waals surface area contributed by atoms with Gasteiger partial charge in [0.25, 0.3) is 11.8 Å². The molecule has 4 amide bonds. The first-order chi connectivity index (χ1) is 31.6. The van der Waals surface area contributed by atoms with Crippen molar-refractivity contribution in [3.8, 4) is 17.0 Å². The third kappa shape index (κ3) is 8.16. The van der Waals surface area contributed by atoms with Gasteiger partial charge in [0, 0.05) is 88.3 Å². The number of nitrogens with two attached hydrogens (primary N) is 1. The number of imide groups is 1. The summed E-state index contributed by atoms with van der Waals surface area (Å²) in [5.74, 6) is -0.292. The van der Waals surface area contributed by atoms with E-state index in [1.807, 2.05) is 47.3 Å². The van der Waals surface area contributed by atoms with Crippen molar-refractivity contribution < 1.29 is 28.3 Å². The van der Waals surface area contributed by atoms with E-state index in [0.29, 0.717) is 53.4 Å². The Balaban J connectivity index is 0.743. The normalized spacial score (nSPS) is 18.9. The summed E-state index contributed by atoms with van der Waals surface area (Å²) in [6, 6.07) is 21.0. The van der Waals surface area contributed by atoms with Crippen LogP contribution < -0.4 is 30.9 Å². The van der Waals surface area contributed by atoms with Gasteiger partial charge >= 0.3 is 0 Å². The zero-order valence-corrected chi connectivity index (χ0v) is 35.7. The Kier molecular flexibility index (Phi) is 11.0. The first-order valence-corrected chi connectivity index (χ1v) is 21.7. The Morgan fingerprint density at radius 3 is 2.49 bits per heavy atom. The molecule has 1 unspecified atom stereocenters. The van der Waals surface area contributed by atoms with E-state index in [4.69, 9.17) is 20.6 Å². The lowest BCUT2D eigenvalue weighted by Gasteiger charge is -2.36. The van der Waals surface area contributed by atoms with Crippen LogP contribution in [0.3, 0.4) is 0 Å². The smallest absolute Gasteiger partial charge is 0.255 e. The van der Waals surface area contributed by atoms with Gasteiger partial charge < -0.3 is 30.5 Å². The van der Waals surface area contributed by atoms with E-state index in [9.17, 15) is 23.6 Å². The maximum Gasteiger partial charge on any atom is 0.255 e. The Hall–Kier alpha value is -7.47. The summed E-state index contributed by atoms with van der Waals surface area (Å²) in [6.07, 6.45) is 4.84. The molecular weight excluding hydrogens is 832 g/mol. The summed E-state index contributed by atoms with van der Waals surface area (Å²) in [7, 11) is 1.44. The van der Waals surface area contributed by atoms with Crippen LogP contribution in [0.2, 0.25) is 0 Å². The number of nitrogens with one attached hydrogen (secondary N) is 2. The van der Waals surface area contributed by atoms with Gasteiger partial charge in [-0.3, -0.25) is 29.4 Å². The molecule has 7 heterocycles. The number of aromatic nitrogens is 5. The summed E-state index contributed by atoms with van der Waals surface area (Å²) >= 11 is 0. The fourth-order valence-electron chi connectivity index (χ4n) is 9.39. The third-order valence-electron chi connectivity index (χ3n) is 12.9. The Morgan fingerprint density at radius 2 is 1.72 bits per heavy atom. The molecule has 0 bridgehead atoms. The molecule has 10 rings (SSSR count). The maximum atomic E-state index is 13.9. The van der Waals surface area contributed by atoms with Crippen molar-refractivity contribution in [2.75, 3.05) is 61.9 Å². The van der Waals surface area contributed by atoms with Gasteiger partial charge in [0.05, 0.1) is 24.1 Å². The highest BCUT2D eigenvalue weighted by atomic mass is 19.1. The van der Waals surface area contributed by atoms with Crippen molar-refractivity contribution in [2.24, 2.45) is 0 Å². The molecule has 3 aromatic carbocycles. The van der Waals surface area contributed by atoms with Crippen LogP contribution in [-0.4, -0.2) is 111 Å². The molecule has 18 heteroatoms. The van der Waals surface area contributed by atoms with Crippen molar-refractivity contribution in [3.05, 3.63) is 119 Å². The van der Waals surface area contributed by atoms with Gasteiger partial charge in [-0.2, -0.15) is 5.10 Å². The van der Waals surface area contributed by atoms with E-state index in [0.717, 1.165) is 85.5 Å². The van der Waals surface area contributed by atoms with Crippen LogP contribution >= 0.6 is 0 Å². The van der Waals surface area contributed by atoms with E-state index < -0.39 is 23.7 Å². The number of fused-ring (bicyclic) bond motifs is 2. The van der Waals surface area contributed by atoms with Crippen molar-refractivity contribution in [2.45, 2.75) is 51.0 Å². The van der Waals surface area contributed by atoms with Crippen LogP contribution in [0.4, 0.5) is 21.7 Å². The summed E-state index contributed by atoms with van der Waals surface area (Å²) in [6.45, 7) is 6.28. The highest BCUT2D eigenvalue weighted by molar-refractivity contribution is 6.05. The number of rotatable bonds is 11. The van der Waals surface area contributed by atoms with Crippen molar-refractivity contribution in [1.82, 2.24) is 45.2 Å². The molecule has 3 saturated heterocycles. The maximum absolute atomic E-state index is 13.9. The second-order valence-corrected chi connectivity index (χ2v) is 16.9. The Labute approximate surface area is 373 Å². The summed E-state index contributed by atoms with van der Waals surface area (Å²) in [4.78, 5) is 72.6. The second-order valence-electron chi connectivity index (χ2n) is 16.9. The number of carbonyl (C=O) groups excluding carboxylic acids is 4. The average Bonchev–Trinajstić information content (AvgIpc) is 4.05. The molecule has 0 saturated carbocycles. The number of hydrogen-bond donors (Lipinski definition) is 3. The predicted molar refractivity (Wildman–Crippen MR) is 239 cm³/mol. The van der Waals surface area contributed by atoms with E-state index in [1.165, 1.54) is 25.6 Å². The monoisotopic (exact) mass is 878 g/mol. The molecule has 3 aromatic heterocycles. The number of nitrogen functional groups attached to an aromatic ring is 1. The van der Waals surface area contributed by atoms with Crippen molar-refractivity contribution >= 4 is 52.0 Å².